The van der Waals surface area contributed by atoms with Crippen LogP contribution in [-0.4, -0.2) is 34.3 Å². The van der Waals surface area contributed by atoms with Crippen molar-refractivity contribution in [2.75, 3.05) is 5.75 Å². The van der Waals surface area contributed by atoms with Crippen molar-refractivity contribution in [3.05, 3.63) is 34.8 Å². The minimum Gasteiger partial charge on any atom is -0.507 e. The summed E-state index contributed by atoms with van der Waals surface area (Å²) >= 11 is 1.04. The van der Waals surface area contributed by atoms with Gasteiger partial charge in [0.2, 0.25) is 0 Å². The number of carbonyl (C=O) groups excluding carboxylic acids is 1. The Morgan fingerprint density at radius 3 is 2.24 bits per heavy atom. The molecule has 1 aromatic carbocycles. The van der Waals surface area contributed by atoms with Crippen LogP contribution >= 0.6 is 11.8 Å². The second-order valence-corrected chi connectivity index (χ2v) is 8.07. The van der Waals surface area contributed by atoms with E-state index < -0.39 is 35.7 Å². The molecular weight excluding hydrogens is 349 g/mol. The summed E-state index contributed by atoms with van der Waals surface area (Å²) in [6.07, 6.45) is 1.47. The lowest BCUT2D eigenvalue weighted by Gasteiger charge is -2.32. The average Bonchev–Trinajstić information content (AvgIpc) is 2.68. The number of halogens is 2. The van der Waals surface area contributed by atoms with Gasteiger partial charge >= 0.3 is 7.12 Å². The zero-order valence-corrected chi connectivity index (χ0v) is 15.7. The zero-order chi connectivity index (χ0) is 19.0. The average molecular weight is 370 g/mol. The van der Waals surface area contributed by atoms with E-state index in [1.165, 1.54) is 13.0 Å². The van der Waals surface area contributed by atoms with Crippen LogP contribution in [-0.2, 0) is 14.1 Å². The molecule has 25 heavy (non-hydrogen) atoms. The van der Waals surface area contributed by atoms with E-state index in [4.69, 9.17) is 9.31 Å². The summed E-state index contributed by atoms with van der Waals surface area (Å²) in [5.74, 6) is -2.37. The topological polar surface area (TPSA) is 55.8 Å². The van der Waals surface area contributed by atoms with Gasteiger partial charge in [0, 0.05) is 24.3 Å². The molecule has 8 heteroatoms. The third kappa shape index (κ3) is 4.43. The maximum Gasteiger partial charge on any atom is 0.491 e. The van der Waals surface area contributed by atoms with E-state index >= 15 is 0 Å². The highest BCUT2D eigenvalue weighted by atomic mass is 32.2. The van der Waals surface area contributed by atoms with Crippen molar-refractivity contribution in [2.45, 2.75) is 45.8 Å². The van der Waals surface area contributed by atoms with Gasteiger partial charge in [-0.25, -0.2) is 8.78 Å². The van der Waals surface area contributed by atoms with E-state index in [0.29, 0.717) is 11.5 Å². The largest absolute Gasteiger partial charge is 0.507 e. The molecule has 0 bridgehead atoms. The predicted molar refractivity (Wildman–Crippen MR) is 95.2 cm³/mol. The normalized spacial score (nSPS) is 19.3. The van der Waals surface area contributed by atoms with Crippen LogP contribution < -0.4 is 0 Å². The molecule has 1 fully saturated rings. The summed E-state index contributed by atoms with van der Waals surface area (Å²) in [4.78, 5) is 11.3. The highest BCUT2D eigenvalue weighted by Crippen LogP contribution is 2.39. The number of thioether (sulfide) groups is 1. The zero-order valence-electron chi connectivity index (χ0n) is 14.9. The monoisotopic (exact) mass is 370 g/mol. The van der Waals surface area contributed by atoms with Crippen LogP contribution in [0.5, 0.6) is 5.75 Å². The third-order valence-corrected chi connectivity index (χ3v) is 5.29. The fourth-order valence-corrected chi connectivity index (χ4v) is 2.81. The van der Waals surface area contributed by atoms with Crippen molar-refractivity contribution in [1.29, 1.82) is 0 Å². The number of hydrogen-bond acceptors (Lipinski definition) is 5. The van der Waals surface area contributed by atoms with Crippen LogP contribution in [0.3, 0.4) is 0 Å². The van der Waals surface area contributed by atoms with E-state index in [9.17, 15) is 18.7 Å². The second-order valence-electron chi connectivity index (χ2n) is 6.91. The number of hydrogen-bond donors (Lipinski definition) is 1. The van der Waals surface area contributed by atoms with Crippen LogP contribution in [0.4, 0.5) is 8.78 Å². The first-order chi connectivity index (χ1) is 11.4. The number of phenolic OH excluding ortho intramolecular Hbond substituents is 1. The van der Waals surface area contributed by atoms with Gasteiger partial charge < -0.3 is 14.4 Å². The molecule has 1 heterocycles. The molecule has 1 N–H and O–H groups in total. The van der Waals surface area contributed by atoms with Gasteiger partial charge in [0.25, 0.3) is 0 Å². The first-order valence-corrected chi connectivity index (χ1v) is 8.79. The predicted octanol–water partition coefficient (Wildman–Crippen LogP) is 3.96. The lowest BCUT2D eigenvalue weighted by Crippen LogP contribution is -2.41. The molecule has 1 saturated heterocycles. The summed E-state index contributed by atoms with van der Waals surface area (Å²) in [5.41, 5.74) is -0.547. The van der Waals surface area contributed by atoms with Crippen molar-refractivity contribution < 1.29 is 28.0 Å². The van der Waals surface area contributed by atoms with Crippen LogP contribution in [0.2, 0.25) is 0 Å². The highest BCUT2D eigenvalue weighted by Gasteiger charge is 2.52. The maximum atomic E-state index is 13.5. The first-order valence-electron chi connectivity index (χ1n) is 7.80. The first kappa shape index (κ1) is 19.9. The number of carbonyl (C=O) groups is 1. The summed E-state index contributed by atoms with van der Waals surface area (Å²) in [6.45, 7) is 8.98. The van der Waals surface area contributed by atoms with Gasteiger partial charge in [-0.3, -0.25) is 4.79 Å². The molecule has 4 nitrogen and oxygen atoms in total. The molecule has 0 unspecified atom stereocenters. The van der Waals surface area contributed by atoms with E-state index in [0.717, 1.165) is 17.8 Å². The minimum atomic E-state index is -1.13. The summed E-state index contributed by atoms with van der Waals surface area (Å²) < 4.78 is 38.6. The third-order valence-electron chi connectivity index (χ3n) is 4.41. The molecular formula is C17H21BF2O4S. The van der Waals surface area contributed by atoms with Gasteiger partial charge in [-0.2, -0.15) is 0 Å². The van der Waals surface area contributed by atoms with Crippen molar-refractivity contribution in [3.63, 3.8) is 0 Å². The quantitative estimate of drug-likeness (QED) is 0.813. The van der Waals surface area contributed by atoms with Gasteiger partial charge in [0.15, 0.2) is 16.7 Å². The maximum absolute atomic E-state index is 13.5. The van der Waals surface area contributed by atoms with Gasteiger partial charge in [0.05, 0.1) is 11.2 Å². The van der Waals surface area contributed by atoms with Crippen molar-refractivity contribution >= 4 is 30.1 Å². The molecule has 1 aliphatic rings. The summed E-state index contributed by atoms with van der Waals surface area (Å²) in [6, 6.07) is 1.61. The van der Waals surface area contributed by atoms with Crippen molar-refractivity contribution in [3.8, 4) is 5.75 Å². The fourth-order valence-electron chi connectivity index (χ4n) is 2.22. The summed E-state index contributed by atoms with van der Waals surface area (Å²) in [7, 11) is -0.760. The molecule has 136 valence electrons. The molecule has 0 atom stereocenters. The Morgan fingerprint density at radius 1 is 1.20 bits per heavy atom. The smallest absolute Gasteiger partial charge is 0.491 e. The van der Waals surface area contributed by atoms with E-state index in [1.807, 2.05) is 27.7 Å². The SMILES string of the molecule is CC(=O)SCC(=Cc1cc(F)c(F)cc1O)B1OC(C)(C)C(C)(C)O1. The molecule has 0 radical (unpaired) electrons. The van der Waals surface area contributed by atoms with Crippen LogP contribution in [0.25, 0.3) is 6.08 Å². The van der Waals surface area contributed by atoms with Crippen LogP contribution in [0.15, 0.2) is 17.6 Å². The Balaban J connectivity index is 2.40. The number of phenols is 1. The minimum absolute atomic E-state index is 0.0905. The Hall–Kier alpha value is -1.38. The molecule has 0 spiro atoms. The van der Waals surface area contributed by atoms with Crippen LogP contribution in [0, 0.1) is 11.6 Å². The highest BCUT2D eigenvalue weighted by molar-refractivity contribution is 8.13. The van der Waals surface area contributed by atoms with E-state index in [2.05, 4.69) is 0 Å². The lowest BCUT2D eigenvalue weighted by atomic mass is 9.78. The summed E-state index contributed by atoms with van der Waals surface area (Å²) in [5, 5.41) is 9.78. The molecule has 0 saturated carbocycles. The Bertz CT molecular complexity index is 703. The Kier molecular flexibility index (Phi) is 5.66. The van der Waals surface area contributed by atoms with Gasteiger partial charge in [-0.15, -0.1) is 0 Å². The van der Waals surface area contributed by atoms with Gasteiger partial charge in [0.1, 0.15) is 5.75 Å². The lowest BCUT2D eigenvalue weighted by molar-refractivity contribution is -0.109. The van der Waals surface area contributed by atoms with Crippen LogP contribution in [0.1, 0.15) is 40.2 Å². The van der Waals surface area contributed by atoms with Crippen molar-refractivity contribution in [1.82, 2.24) is 0 Å². The molecule has 0 amide bonds. The molecule has 0 aromatic heterocycles. The van der Waals surface area contributed by atoms with Crippen molar-refractivity contribution in [2.24, 2.45) is 0 Å². The van der Waals surface area contributed by atoms with E-state index in [-0.39, 0.29) is 16.4 Å². The number of rotatable bonds is 4. The number of benzene rings is 1. The molecule has 0 aliphatic carbocycles. The van der Waals surface area contributed by atoms with Gasteiger partial charge in [-0.05, 0) is 39.2 Å². The molecule has 1 aliphatic heterocycles. The second kappa shape index (κ2) is 7.09. The Morgan fingerprint density at radius 2 is 1.72 bits per heavy atom. The van der Waals surface area contributed by atoms with Gasteiger partial charge in [-0.1, -0.05) is 17.8 Å². The standard InChI is InChI=1S/C17H21BF2O4S/c1-10(21)25-9-12(18-23-16(2,3)17(4,5)24-18)6-11-7-13(19)14(20)8-15(11)22/h6-8,22H,9H2,1-5H3. The molecule has 2 rings (SSSR count). The van der Waals surface area contributed by atoms with E-state index in [1.54, 1.807) is 0 Å². The molecule has 1 aromatic rings. The number of aromatic hydroxyl groups is 1. The Labute approximate surface area is 150 Å². The fraction of sp³-hybridized carbons (Fsp3) is 0.471.